The minimum absolute atomic E-state index is 0.0405. The summed E-state index contributed by atoms with van der Waals surface area (Å²) >= 11 is 0. The third kappa shape index (κ3) is 3.20. The fourth-order valence-corrected chi connectivity index (χ4v) is 1.64. The second-order valence-corrected chi connectivity index (χ2v) is 4.12. The van der Waals surface area contributed by atoms with Crippen LogP contribution in [0.5, 0.6) is 0 Å². The average molecular weight is 271 g/mol. The molecule has 0 bridgehead atoms. The summed E-state index contributed by atoms with van der Waals surface area (Å²) in [5, 5.41) is 15.0. The smallest absolute Gasteiger partial charge is 0.151 e. The molecule has 0 saturated heterocycles. The molecule has 1 aromatic carbocycles. The molecule has 0 fully saturated rings. The molecule has 0 atom stereocenters. The van der Waals surface area contributed by atoms with Gasteiger partial charge >= 0.3 is 0 Å². The molecule has 2 rings (SSSR count). The summed E-state index contributed by atoms with van der Waals surface area (Å²) in [4.78, 5) is 8.34. The Balaban J connectivity index is 2.22. The molecule has 0 unspecified atom stereocenters. The van der Waals surface area contributed by atoms with Gasteiger partial charge in [0.05, 0.1) is 18.1 Å². The van der Waals surface area contributed by atoms with Gasteiger partial charge < -0.3 is 10.6 Å². The minimum Gasteiger partial charge on any atom is -0.369 e. The second kappa shape index (κ2) is 6.48. The van der Waals surface area contributed by atoms with Crippen LogP contribution in [0.15, 0.2) is 30.6 Å². The van der Waals surface area contributed by atoms with Crippen molar-refractivity contribution < 1.29 is 4.39 Å². The van der Waals surface area contributed by atoms with Gasteiger partial charge in [-0.25, -0.2) is 9.37 Å². The number of anilines is 3. The molecule has 5 nitrogen and oxygen atoms in total. The van der Waals surface area contributed by atoms with Gasteiger partial charge in [0.25, 0.3) is 0 Å². The Morgan fingerprint density at radius 1 is 1.30 bits per heavy atom. The van der Waals surface area contributed by atoms with Gasteiger partial charge in [-0.05, 0) is 18.6 Å². The van der Waals surface area contributed by atoms with Crippen LogP contribution in [0.25, 0.3) is 0 Å². The van der Waals surface area contributed by atoms with Crippen molar-refractivity contribution in [3.8, 4) is 6.07 Å². The number of hydrogen-bond acceptors (Lipinski definition) is 5. The molecule has 102 valence electrons. The lowest BCUT2D eigenvalue weighted by Crippen LogP contribution is -2.05. The lowest BCUT2D eigenvalue weighted by atomic mass is 10.2. The van der Waals surface area contributed by atoms with Crippen molar-refractivity contribution in [1.82, 2.24) is 9.97 Å². The molecule has 1 heterocycles. The van der Waals surface area contributed by atoms with Gasteiger partial charge in [0, 0.05) is 6.54 Å². The number of nitriles is 1. The van der Waals surface area contributed by atoms with Gasteiger partial charge in [-0.2, -0.15) is 5.26 Å². The zero-order chi connectivity index (χ0) is 14.4. The van der Waals surface area contributed by atoms with Crippen molar-refractivity contribution in [2.24, 2.45) is 0 Å². The average Bonchev–Trinajstić information content (AvgIpc) is 2.46. The maximum atomic E-state index is 13.5. The molecular formula is C14H14FN5. The minimum atomic E-state index is -0.564. The predicted molar refractivity (Wildman–Crippen MR) is 75.2 cm³/mol. The van der Waals surface area contributed by atoms with Gasteiger partial charge in [-0.3, -0.25) is 4.98 Å². The standard InChI is InChI=1S/C14H14FN5/c1-2-6-18-13-8-17-9-14(20-13)19-12-5-3-4-11(15)10(12)7-16/h3-5,8-9H,2,6H2,1H3,(H2,18,19,20). The van der Waals surface area contributed by atoms with E-state index in [1.807, 2.05) is 6.07 Å². The van der Waals surface area contributed by atoms with Crippen LogP contribution in [0.2, 0.25) is 0 Å². The van der Waals surface area contributed by atoms with Crippen LogP contribution < -0.4 is 10.6 Å². The van der Waals surface area contributed by atoms with Crippen LogP contribution in [0, 0.1) is 17.1 Å². The van der Waals surface area contributed by atoms with E-state index in [-0.39, 0.29) is 5.56 Å². The van der Waals surface area contributed by atoms with E-state index >= 15 is 0 Å². The molecule has 2 N–H and O–H groups in total. The normalized spacial score (nSPS) is 9.85. The molecule has 0 spiro atoms. The SMILES string of the molecule is CCCNc1cncc(Nc2cccc(F)c2C#N)n1. The summed E-state index contributed by atoms with van der Waals surface area (Å²) < 4.78 is 13.5. The Labute approximate surface area is 116 Å². The van der Waals surface area contributed by atoms with E-state index in [4.69, 9.17) is 5.26 Å². The molecule has 0 radical (unpaired) electrons. The van der Waals surface area contributed by atoms with Gasteiger partial charge in [0.1, 0.15) is 23.3 Å². The molecule has 0 amide bonds. The zero-order valence-corrected chi connectivity index (χ0v) is 11.0. The van der Waals surface area contributed by atoms with E-state index in [0.29, 0.717) is 17.3 Å². The number of nitrogens with zero attached hydrogens (tertiary/aromatic N) is 3. The molecule has 0 saturated carbocycles. The lowest BCUT2D eigenvalue weighted by Gasteiger charge is -2.09. The molecule has 2 aromatic rings. The van der Waals surface area contributed by atoms with Crippen molar-refractivity contribution in [3.05, 3.63) is 42.0 Å². The number of nitrogens with one attached hydrogen (secondary N) is 2. The highest BCUT2D eigenvalue weighted by molar-refractivity contribution is 5.65. The van der Waals surface area contributed by atoms with Gasteiger partial charge in [-0.15, -0.1) is 0 Å². The topological polar surface area (TPSA) is 73.6 Å². The van der Waals surface area contributed by atoms with Crippen molar-refractivity contribution in [2.75, 3.05) is 17.2 Å². The van der Waals surface area contributed by atoms with Crippen LogP contribution in [0.3, 0.4) is 0 Å². The highest BCUT2D eigenvalue weighted by atomic mass is 19.1. The van der Waals surface area contributed by atoms with Crippen LogP contribution in [0.4, 0.5) is 21.7 Å². The fraction of sp³-hybridized carbons (Fsp3) is 0.214. The first-order chi connectivity index (χ1) is 9.74. The Bertz CT molecular complexity index is 636. The van der Waals surface area contributed by atoms with Gasteiger partial charge in [-0.1, -0.05) is 13.0 Å². The number of aromatic nitrogens is 2. The maximum Gasteiger partial charge on any atom is 0.151 e. The van der Waals surface area contributed by atoms with Crippen molar-refractivity contribution in [2.45, 2.75) is 13.3 Å². The van der Waals surface area contributed by atoms with E-state index in [1.165, 1.54) is 18.3 Å². The van der Waals surface area contributed by atoms with E-state index < -0.39 is 5.82 Å². The summed E-state index contributed by atoms with van der Waals surface area (Å²) in [6.07, 6.45) is 4.10. The number of rotatable bonds is 5. The zero-order valence-electron chi connectivity index (χ0n) is 11.0. The molecular weight excluding hydrogens is 257 g/mol. The van der Waals surface area contributed by atoms with Crippen molar-refractivity contribution >= 4 is 17.3 Å². The molecule has 1 aromatic heterocycles. The first-order valence-electron chi connectivity index (χ1n) is 6.26. The third-order valence-electron chi connectivity index (χ3n) is 2.58. The summed E-state index contributed by atoms with van der Waals surface area (Å²) in [6.45, 7) is 2.84. The highest BCUT2D eigenvalue weighted by Crippen LogP contribution is 2.21. The summed E-state index contributed by atoms with van der Waals surface area (Å²) in [7, 11) is 0. The number of benzene rings is 1. The molecule has 0 aliphatic heterocycles. The third-order valence-corrected chi connectivity index (χ3v) is 2.58. The first kappa shape index (κ1) is 13.7. The van der Waals surface area contributed by atoms with Gasteiger partial charge in [0.2, 0.25) is 0 Å². The molecule has 20 heavy (non-hydrogen) atoms. The Morgan fingerprint density at radius 2 is 2.10 bits per heavy atom. The van der Waals surface area contributed by atoms with E-state index in [9.17, 15) is 4.39 Å². The predicted octanol–water partition coefficient (Wildman–Crippen LogP) is 3.05. The second-order valence-electron chi connectivity index (χ2n) is 4.12. The molecule has 0 aliphatic rings. The van der Waals surface area contributed by atoms with Crippen LogP contribution in [-0.4, -0.2) is 16.5 Å². The fourth-order valence-electron chi connectivity index (χ4n) is 1.64. The van der Waals surface area contributed by atoms with Crippen molar-refractivity contribution in [1.29, 1.82) is 5.26 Å². The largest absolute Gasteiger partial charge is 0.369 e. The quantitative estimate of drug-likeness (QED) is 0.874. The van der Waals surface area contributed by atoms with E-state index in [0.717, 1.165) is 13.0 Å². The monoisotopic (exact) mass is 271 g/mol. The van der Waals surface area contributed by atoms with E-state index in [2.05, 4.69) is 27.5 Å². The van der Waals surface area contributed by atoms with Crippen LogP contribution >= 0.6 is 0 Å². The van der Waals surface area contributed by atoms with E-state index in [1.54, 1.807) is 12.3 Å². The maximum absolute atomic E-state index is 13.5. The van der Waals surface area contributed by atoms with Crippen LogP contribution in [0.1, 0.15) is 18.9 Å². The summed E-state index contributed by atoms with van der Waals surface area (Å²) in [6, 6.07) is 6.23. The summed E-state index contributed by atoms with van der Waals surface area (Å²) in [5.41, 5.74) is 0.329. The summed E-state index contributed by atoms with van der Waals surface area (Å²) in [5.74, 6) is 0.519. The number of hydrogen-bond donors (Lipinski definition) is 2. The van der Waals surface area contributed by atoms with Gasteiger partial charge in [0.15, 0.2) is 5.82 Å². The Kier molecular flexibility index (Phi) is 4.45. The first-order valence-corrected chi connectivity index (χ1v) is 6.26. The highest BCUT2D eigenvalue weighted by Gasteiger charge is 2.08. The Hall–Kier alpha value is -2.68. The van der Waals surface area contributed by atoms with Crippen LogP contribution in [-0.2, 0) is 0 Å². The molecule has 0 aliphatic carbocycles. The lowest BCUT2D eigenvalue weighted by molar-refractivity contribution is 0.624. The Morgan fingerprint density at radius 3 is 2.85 bits per heavy atom. The number of halogens is 1. The molecule has 6 heteroatoms. The van der Waals surface area contributed by atoms with Crippen molar-refractivity contribution in [3.63, 3.8) is 0 Å².